The van der Waals surface area contributed by atoms with E-state index in [2.05, 4.69) is 27.4 Å². The van der Waals surface area contributed by atoms with Crippen molar-refractivity contribution in [1.29, 1.82) is 0 Å². The van der Waals surface area contributed by atoms with Gasteiger partial charge in [0.05, 0.1) is 6.21 Å². The Hall–Kier alpha value is -3.56. The number of imidazole rings is 1. The molecule has 0 bridgehead atoms. The highest BCUT2D eigenvalue weighted by molar-refractivity contribution is 5.84. The van der Waals surface area contributed by atoms with Crippen LogP contribution in [0.15, 0.2) is 32.9 Å². The Balaban J connectivity index is 1.95. The zero-order valence-corrected chi connectivity index (χ0v) is 16.3. The van der Waals surface area contributed by atoms with Gasteiger partial charge in [0.15, 0.2) is 11.2 Å². The molecule has 0 fully saturated rings. The first-order valence-corrected chi connectivity index (χ1v) is 9.43. The van der Waals surface area contributed by atoms with Crippen LogP contribution in [0.5, 0.6) is 11.5 Å². The summed E-state index contributed by atoms with van der Waals surface area (Å²) in [6, 6.07) is 4.15. The van der Waals surface area contributed by atoms with Gasteiger partial charge in [0.1, 0.15) is 11.5 Å². The maximum atomic E-state index is 12.4. The van der Waals surface area contributed by atoms with Crippen molar-refractivity contribution in [1.82, 2.24) is 19.1 Å². The molecular formula is C19H24N6O4. The van der Waals surface area contributed by atoms with E-state index in [1.165, 1.54) is 36.0 Å². The number of benzene rings is 1. The first-order chi connectivity index (χ1) is 13.9. The van der Waals surface area contributed by atoms with Crippen LogP contribution >= 0.6 is 0 Å². The molecule has 1 aromatic carbocycles. The molecule has 2 aromatic heterocycles. The largest absolute Gasteiger partial charge is 0.508 e. The standard InChI is InChI=1S/C19H24N6O4/c1-3-4-5-6-9-25-15-16(24(2)19(29)22-17(15)28)21-18(25)23-20-11-12-7-8-13(26)10-14(12)27/h7-8,10-11,26-27H,3-6,9H2,1-2H3,(H,21,23)(H,22,28,29). The number of aromatic amines is 1. The maximum absolute atomic E-state index is 12.4. The number of hydrogen-bond donors (Lipinski definition) is 4. The summed E-state index contributed by atoms with van der Waals surface area (Å²) in [5.74, 6) is 0.141. The normalized spacial score (nSPS) is 11.5. The summed E-state index contributed by atoms with van der Waals surface area (Å²) >= 11 is 0. The lowest BCUT2D eigenvalue weighted by Crippen LogP contribution is -2.29. The SMILES string of the molecule is CCCCCCn1c(NN=Cc2ccc(O)cc2O)nc2c1c(=O)[nH]c(=O)n2C. The van der Waals surface area contributed by atoms with Crippen LogP contribution in [-0.4, -0.2) is 35.5 Å². The number of aromatic nitrogens is 4. The van der Waals surface area contributed by atoms with Gasteiger partial charge in [-0.1, -0.05) is 26.2 Å². The second-order valence-electron chi connectivity index (χ2n) is 6.75. The average molecular weight is 400 g/mol. The van der Waals surface area contributed by atoms with E-state index in [-0.39, 0.29) is 17.1 Å². The highest BCUT2D eigenvalue weighted by atomic mass is 16.3. The van der Waals surface area contributed by atoms with Crippen LogP contribution in [0.1, 0.15) is 38.2 Å². The van der Waals surface area contributed by atoms with Gasteiger partial charge in [-0.25, -0.2) is 10.2 Å². The monoisotopic (exact) mass is 400 g/mol. The van der Waals surface area contributed by atoms with Gasteiger partial charge in [0, 0.05) is 25.2 Å². The molecule has 0 radical (unpaired) electrons. The lowest BCUT2D eigenvalue weighted by Gasteiger charge is -2.08. The van der Waals surface area contributed by atoms with Gasteiger partial charge in [0.25, 0.3) is 5.56 Å². The van der Waals surface area contributed by atoms with Gasteiger partial charge in [0.2, 0.25) is 5.95 Å². The second-order valence-corrected chi connectivity index (χ2v) is 6.75. The van der Waals surface area contributed by atoms with Crippen molar-refractivity contribution in [3.63, 3.8) is 0 Å². The van der Waals surface area contributed by atoms with E-state index in [1.54, 1.807) is 4.57 Å². The molecule has 10 heteroatoms. The number of aryl methyl sites for hydroxylation is 2. The van der Waals surface area contributed by atoms with Gasteiger partial charge in [-0.3, -0.25) is 14.3 Å². The van der Waals surface area contributed by atoms with Crippen LogP contribution in [0.3, 0.4) is 0 Å². The number of nitrogens with one attached hydrogen (secondary N) is 2. The van der Waals surface area contributed by atoms with E-state index < -0.39 is 11.2 Å². The van der Waals surface area contributed by atoms with Crippen LogP contribution < -0.4 is 16.7 Å². The third kappa shape index (κ3) is 4.31. The molecule has 0 amide bonds. The number of aromatic hydroxyl groups is 2. The fourth-order valence-corrected chi connectivity index (χ4v) is 3.04. The van der Waals surface area contributed by atoms with Crippen LogP contribution in [0.4, 0.5) is 5.95 Å². The van der Waals surface area contributed by atoms with E-state index in [1.807, 2.05) is 0 Å². The molecule has 0 aliphatic rings. The molecule has 154 valence electrons. The van der Waals surface area contributed by atoms with Crippen LogP contribution in [0, 0.1) is 0 Å². The molecule has 0 atom stereocenters. The van der Waals surface area contributed by atoms with Crippen molar-refractivity contribution in [2.24, 2.45) is 12.1 Å². The summed E-state index contributed by atoms with van der Waals surface area (Å²) < 4.78 is 2.98. The maximum Gasteiger partial charge on any atom is 0.329 e. The summed E-state index contributed by atoms with van der Waals surface area (Å²) in [6.45, 7) is 2.66. The van der Waals surface area contributed by atoms with Crippen molar-refractivity contribution in [3.05, 3.63) is 44.6 Å². The summed E-state index contributed by atoms with van der Waals surface area (Å²) in [7, 11) is 1.54. The molecule has 0 aliphatic carbocycles. The predicted octanol–water partition coefficient (Wildman–Crippen LogP) is 1.86. The van der Waals surface area contributed by atoms with Crippen LogP contribution in [-0.2, 0) is 13.6 Å². The Morgan fingerprint density at radius 1 is 1.24 bits per heavy atom. The number of H-pyrrole nitrogens is 1. The topological polar surface area (TPSA) is 138 Å². The number of phenols is 2. The van der Waals surface area contributed by atoms with Gasteiger partial charge >= 0.3 is 5.69 Å². The Labute approximate surface area is 166 Å². The summed E-state index contributed by atoms with van der Waals surface area (Å²) in [5, 5.41) is 23.3. The van der Waals surface area contributed by atoms with Gasteiger partial charge in [-0.2, -0.15) is 10.1 Å². The Morgan fingerprint density at radius 3 is 2.76 bits per heavy atom. The molecule has 3 rings (SSSR count). The fourth-order valence-electron chi connectivity index (χ4n) is 3.04. The van der Waals surface area contributed by atoms with E-state index in [9.17, 15) is 19.8 Å². The number of unbranched alkanes of at least 4 members (excludes halogenated alkanes) is 3. The minimum absolute atomic E-state index is 0.0541. The average Bonchev–Trinajstić information content (AvgIpc) is 3.04. The number of rotatable bonds is 8. The van der Waals surface area contributed by atoms with Crippen molar-refractivity contribution < 1.29 is 10.2 Å². The van der Waals surface area contributed by atoms with E-state index >= 15 is 0 Å². The Kier molecular flexibility index (Phi) is 6.01. The number of anilines is 1. The minimum atomic E-state index is -0.540. The fraction of sp³-hybridized carbons (Fsp3) is 0.368. The number of nitrogens with zero attached hydrogens (tertiary/aromatic N) is 4. The van der Waals surface area contributed by atoms with Crippen LogP contribution in [0.2, 0.25) is 0 Å². The lowest BCUT2D eigenvalue weighted by atomic mass is 10.2. The quantitative estimate of drug-likeness (QED) is 0.259. The van der Waals surface area contributed by atoms with E-state index in [0.717, 1.165) is 25.7 Å². The van der Waals surface area contributed by atoms with Crippen molar-refractivity contribution in [2.75, 3.05) is 5.43 Å². The molecule has 10 nitrogen and oxygen atoms in total. The number of hydrazone groups is 1. The van der Waals surface area contributed by atoms with Gasteiger partial charge in [-0.05, 0) is 18.6 Å². The molecule has 3 aromatic rings. The first-order valence-electron chi connectivity index (χ1n) is 9.43. The third-order valence-corrected chi connectivity index (χ3v) is 4.62. The zero-order chi connectivity index (χ0) is 21.0. The number of phenolic OH excluding ortho intramolecular Hbond substituents is 2. The van der Waals surface area contributed by atoms with Gasteiger partial charge < -0.3 is 14.8 Å². The predicted molar refractivity (Wildman–Crippen MR) is 111 cm³/mol. The number of hydrogen-bond acceptors (Lipinski definition) is 7. The van der Waals surface area contributed by atoms with Crippen molar-refractivity contribution in [2.45, 2.75) is 39.2 Å². The smallest absolute Gasteiger partial charge is 0.329 e. The Bertz CT molecular complexity index is 1160. The summed E-state index contributed by atoms with van der Waals surface area (Å²) in [4.78, 5) is 31.0. The zero-order valence-electron chi connectivity index (χ0n) is 16.3. The van der Waals surface area contributed by atoms with E-state index in [0.29, 0.717) is 23.6 Å². The van der Waals surface area contributed by atoms with Crippen LogP contribution in [0.25, 0.3) is 11.2 Å². The highest BCUT2D eigenvalue weighted by Crippen LogP contribution is 2.21. The van der Waals surface area contributed by atoms with Gasteiger partial charge in [-0.15, -0.1) is 0 Å². The van der Waals surface area contributed by atoms with E-state index in [4.69, 9.17) is 0 Å². The third-order valence-electron chi connectivity index (χ3n) is 4.62. The molecular weight excluding hydrogens is 376 g/mol. The Morgan fingerprint density at radius 2 is 2.03 bits per heavy atom. The number of fused-ring (bicyclic) bond motifs is 1. The summed E-state index contributed by atoms with van der Waals surface area (Å²) in [5.41, 5.74) is 2.70. The molecule has 4 N–H and O–H groups in total. The molecule has 29 heavy (non-hydrogen) atoms. The lowest BCUT2D eigenvalue weighted by molar-refractivity contribution is 0.450. The summed E-state index contributed by atoms with van der Waals surface area (Å²) in [6.07, 6.45) is 5.40. The van der Waals surface area contributed by atoms with Crippen molar-refractivity contribution in [3.8, 4) is 11.5 Å². The molecule has 0 unspecified atom stereocenters. The van der Waals surface area contributed by atoms with Crippen molar-refractivity contribution >= 4 is 23.3 Å². The molecule has 2 heterocycles. The first kappa shape index (κ1) is 20.2. The molecule has 0 saturated heterocycles. The minimum Gasteiger partial charge on any atom is -0.508 e. The second kappa shape index (κ2) is 8.63. The molecule has 0 spiro atoms. The highest BCUT2D eigenvalue weighted by Gasteiger charge is 2.16. The molecule has 0 aliphatic heterocycles. The molecule has 0 saturated carbocycles.